The average Bonchev–Trinajstić information content (AvgIpc) is 2.37. The lowest BCUT2D eigenvalue weighted by Gasteiger charge is -2.07. The summed E-state index contributed by atoms with van der Waals surface area (Å²) in [6.45, 7) is 1.82. The summed E-state index contributed by atoms with van der Waals surface area (Å²) in [6, 6.07) is 9.60. The van der Waals surface area contributed by atoms with E-state index in [0.717, 1.165) is 18.7 Å². The molecule has 0 aliphatic heterocycles. The third kappa shape index (κ3) is 7.97. The summed E-state index contributed by atoms with van der Waals surface area (Å²) in [4.78, 5) is 0. The van der Waals surface area contributed by atoms with Crippen molar-refractivity contribution in [3.8, 4) is 5.75 Å². The zero-order valence-electron chi connectivity index (χ0n) is 10.3. The lowest BCUT2D eigenvalue weighted by Crippen LogP contribution is -2.23. The minimum absolute atomic E-state index is 0.309. The van der Waals surface area contributed by atoms with Crippen LogP contribution in [0.2, 0.25) is 0 Å². The molecule has 3 nitrogen and oxygen atoms in total. The molecular formula is C13H19F2NO2. The molecule has 0 saturated carbocycles. The van der Waals surface area contributed by atoms with Gasteiger partial charge in [-0.1, -0.05) is 18.2 Å². The van der Waals surface area contributed by atoms with E-state index in [1.165, 1.54) is 0 Å². The zero-order chi connectivity index (χ0) is 13.1. The molecule has 0 aromatic heterocycles. The van der Waals surface area contributed by atoms with Crippen molar-refractivity contribution >= 4 is 0 Å². The minimum Gasteiger partial charge on any atom is -0.494 e. The van der Waals surface area contributed by atoms with E-state index in [9.17, 15) is 8.78 Å². The smallest absolute Gasteiger partial charge is 0.261 e. The predicted molar refractivity (Wildman–Crippen MR) is 66.2 cm³/mol. The fourth-order valence-electron chi connectivity index (χ4n) is 1.35. The number of para-hydroxylation sites is 1. The van der Waals surface area contributed by atoms with Gasteiger partial charge in [-0.25, -0.2) is 8.78 Å². The Labute approximate surface area is 106 Å². The molecule has 0 bridgehead atoms. The largest absolute Gasteiger partial charge is 0.494 e. The van der Waals surface area contributed by atoms with Crippen LogP contribution >= 0.6 is 0 Å². The van der Waals surface area contributed by atoms with Crippen LogP contribution in [0.15, 0.2) is 30.3 Å². The van der Waals surface area contributed by atoms with E-state index in [0.29, 0.717) is 19.8 Å². The van der Waals surface area contributed by atoms with Crippen LogP contribution in [0.25, 0.3) is 0 Å². The quantitative estimate of drug-likeness (QED) is 0.654. The van der Waals surface area contributed by atoms with Crippen LogP contribution in [-0.2, 0) is 4.74 Å². The SMILES string of the molecule is FC(F)COCCNCCCOc1ccccc1. The summed E-state index contributed by atoms with van der Waals surface area (Å²) < 4.78 is 33.6. The Bertz CT molecular complexity index is 296. The van der Waals surface area contributed by atoms with Gasteiger partial charge in [0.15, 0.2) is 0 Å². The number of hydrogen-bond donors (Lipinski definition) is 1. The van der Waals surface area contributed by atoms with Gasteiger partial charge in [0.1, 0.15) is 12.4 Å². The van der Waals surface area contributed by atoms with Crippen molar-refractivity contribution in [2.45, 2.75) is 12.8 Å². The maximum absolute atomic E-state index is 11.7. The van der Waals surface area contributed by atoms with Crippen molar-refractivity contribution in [2.24, 2.45) is 0 Å². The standard InChI is InChI=1S/C13H19F2NO2/c14-13(15)11-17-10-8-16-7-4-9-18-12-5-2-1-3-6-12/h1-3,5-6,13,16H,4,7-11H2. The van der Waals surface area contributed by atoms with Crippen molar-refractivity contribution in [3.05, 3.63) is 30.3 Å². The van der Waals surface area contributed by atoms with Gasteiger partial charge in [-0.2, -0.15) is 0 Å². The van der Waals surface area contributed by atoms with Crippen LogP contribution in [0.5, 0.6) is 5.75 Å². The molecule has 0 spiro atoms. The number of benzene rings is 1. The van der Waals surface area contributed by atoms with Gasteiger partial charge in [0, 0.05) is 6.54 Å². The number of halogens is 2. The highest BCUT2D eigenvalue weighted by Gasteiger charge is 2.00. The Morgan fingerprint density at radius 2 is 1.83 bits per heavy atom. The lowest BCUT2D eigenvalue weighted by atomic mass is 10.3. The van der Waals surface area contributed by atoms with E-state index in [2.05, 4.69) is 5.32 Å². The lowest BCUT2D eigenvalue weighted by molar-refractivity contribution is 0.0188. The van der Waals surface area contributed by atoms with E-state index < -0.39 is 13.0 Å². The van der Waals surface area contributed by atoms with Crippen molar-refractivity contribution in [3.63, 3.8) is 0 Å². The first-order chi connectivity index (χ1) is 8.79. The molecule has 102 valence electrons. The van der Waals surface area contributed by atoms with E-state index in [4.69, 9.17) is 9.47 Å². The number of ether oxygens (including phenoxy) is 2. The number of rotatable bonds is 10. The van der Waals surface area contributed by atoms with Crippen molar-refractivity contribution in [1.82, 2.24) is 5.32 Å². The highest BCUT2D eigenvalue weighted by Crippen LogP contribution is 2.07. The summed E-state index contributed by atoms with van der Waals surface area (Å²) in [5.74, 6) is 0.859. The monoisotopic (exact) mass is 259 g/mol. The van der Waals surface area contributed by atoms with Crippen molar-refractivity contribution in [2.75, 3.05) is 32.9 Å². The number of nitrogens with one attached hydrogen (secondary N) is 1. The Morgan fingerprint density at radius 1 is 1.06 bits per heavy atom. The molecule has 1 N–H and O–H groups in total. The highest BCUT2D eigenvalue weighted by atomic mass is 19.3. The maximum atomic E-state index is 11.7. The Balaban J connectivity index is 1.84. The minimum atomic E-state index is -2.38. The third-order valence-electron chi connectivity index (χ3n) is 2.18. The fourth-order valence-corrected chi connectivity index (χ4v) is 1.35. The van der Waals surface area contributed by atoms with E-state index in [-0.39, 0.29) is 0 Å². The number of hydrogen-bond acceptors (Lipinski definition) is 3. The Hall–Kier alpha value is -1.20. The van der Waals surface area contributed by atoms with Crippen LogP contribution in [0.4, 0.5) is 8.78 Å². The molecule has 0 unspecified atom stereocenters. The normalized spacial score (nSPS) is 10.8. The molecule has 18 heavy (non-hydrogen) atoms. The van der Waals surface area contributed by atoms with Gasteiger partial charge in [0.05, 0.1) is 13.2 Å². The first-order valence-corrected chi connectivity index (χ1v) is 6.03. The van der Waals surface area contributed by atoms with Gasteiger partial charge in [0.2, 0.25) is 0 Å². The maximum Gasteiger partial charge on any atom is 0.261 e. The molecule has 0 aliphatic rings. The summed E-state index contributed by atoms with van der Waals surface area (Å²) >= 11 is 0. The third-order valence-corrected chi connectivity index (χ3v) is 2.18. The van der Waals surface area contributed by atoms with Gasteiger partial charge in [-0.3, -0.25) is 0 Å². The summed E-state index contributed by atoms with van der Waals surface area (Å²) in [6.07, 6.45) is -1.52. The molecule has 0 radical (unpaired) electrons. The van der Waals surface area contributed by atoms with Crippen LogP contribution in [0.3, 0.4) is 0 Å². The van der Waals surface area contributed by atoms with Gasteiger partial charge < -0.3 is 14.8 Å². The van der Waals surface area contributed by atoms with E-state index in [1.54, 1.807) is 0 Å². The van der Waals surface area contributed by atoms with Crippen LogP contribution in [0.1, 0.15) is 6.42 Å². The fraction of sp³-hybridized carbons (Fsp3) is 0.538. The first kappa shape index (κ1) is 14.9. The molecule has 1 aromatic carbocycles. The summed E-state index contributed by atoms with van der Waals surface area (Å²) in [5.41, 5.74) is 0. The Morgan fingerprint density at radius 3 is 2.56 bits per heavy atom. The zero-order valence-corrected chi connectivity index (χ0v) is 10.3. The number of alkyl halides is 2. The predicted octanol–water partition coefficient (Wildman–Crippen LogP) is 2.33. The summed E-state index contributed by atoms with van der Waals surface area (Å²) in [5, 5.41) is 3.10. The van der Waals surface area contributed by atoms with Crippen molar-refractivity contribution in [1.29, 1.82) is 0 Å². The first-order valence-electron chi connectivity index (χ1n) is 6.03. The molecule has 0 amide bonds. The van der Waals surface area contributed by atoms with Gasteiger partial charge in [0.25, 0.3) is 6.43 Å². The van der Waals surface area contributed by atoms with Gasteiger partial charge in [-0.15, -0.1) is 0 Å². The van der Waals surface area contributed by atoms with Gasteiger partial charge >= 0.3 is 0 Å². The molecule has 0 aliphatic carbocycles. The van der Waals surface area contributed by atoms with E-state index in [1.807, 2.05) is 30.3 Å². The topological polar surface area (TPSA) is 30.5 Å². The molecule has 0 heterocycles. The molecule has 0 saturated heterocycles. The molecule has 1 aromatic rings. The second kappa shape index (κ2) is 9.79. The highest BCUT2D eigenvalue weighted by molar-refractivity contribution is 5.20. The molecule has 0 atom stereocenters. The summed E-state index contributed by atoms with van der Waals surface area (Å²) in [7, 11) is 0. The second-order valence-corrected chi connectivity index (χ2v) is 3.73. The second-order valence-electron chi connectivity index (χ2n) is 3.73. The van der Waals surface area contributed by atoms with Crippen LogP contribution in [-0.4, -0.2) is 39.3 Å². The molecule has 0 fully saturated rings. The van der Waals surface area contributed by atoms with Gasteiger partial charge in [-0.05, 0) is 25.1 Å². The Kier molecular flexibility index (Phi) is 8.08. The molecule has 5 heteroatoms. The molecule has 1 rings (SSSR count). The van der Waals surface area contributed by atoms with Crippen LogP contribution < -0.4 is 10.1 Å². The van der Waals surface area contributed by atoms with Crippen molar-refractivity contribution < 1.29 is 18.3 Å². The molecular weight excluding hydrogens is 240 g/mol. The average molecular weight is 259 g/mol. The van der Waals surface area contributed by atoms with E-state index >= 15 is 0 Å². The van der Waals surface area contributed by atoms with Crippen LogP contribution in [0, 0.1) is 0 Å².